The van der Waals surface area contributed by atoms with Gasteiger partial charge in [-0.15, -0.1) is 11.3 Å². The fourth-order valence-corrected chi connectivity index (χ4v) is 2.47. The summed E-state index contributed by atoms with van der Waals surface area (Å²) in [7, 11) is 0. The van der Waals surface area contributed by atoms with Gasteiger partial charge in [0.2, 0.25) is 0 Å². The highest BCUT2D eigenvalue weighted by molar-refractivity contribution is 7.21. The third-order valence-corrected chi connectivity index (χ3v) is 3.21. The molecule has 0 saturated carbocycles. The smallest absolute Gasteiger partial charge is 0.346 e. The van der Waals surface area contributed by atoms with Gasteiger partial charge in [-0.05, 0) is 6.07 Å². The molecule has 1 N–H and O–H groups in total. The number of carboxylic acid groups (broad SMARTS) is 1. The number of fused-ring (bicyclic) bond motifs is 1. The van der Waals surface area contributed by atoms with E-state index in [1.807, 2.05) is 24.3 Å². The molecule has 0 aliphatic carbocycles. The summed E-state index contributed by atoms with van der Waals surface area (Å²) in [6.07, 6.45) is 1.60. The minimum absolute atomic E-state index is 0.362. The molecule has 70 valence electrons. The molecule has 0 atom stereocenters. The number of rotatable bonds is 2. The van der Waals surface area contributed by atoms with Gasteiger partial charge in [-0.2, -0.15) is 0 Å². The van der Waals surface area contributed by atoms with E-state index in [0.717, 1.165) is 15.6 Å². The average Bonchev–Trinajstić information content (AvgIpc) is 2.56. The Morgan fingerprint density at radius 1 is 1.43 bits per heavy atom. The van der Waals surface area contributed by atoms with Crippen molar-refractivity contribution in [3.63, 3.8) is 0 Å². The van der Waals surface area contributed by atoms with E-state index in [4.69, 9.17) is 5.11 Å². The molecule has 1 aromatic heterocycles. The Kier molecular flexibility index (Phi) is 2.09. The highest BCUT2D eigenvalue weighted by Crippen LogP contribution is 2.31. The van der Waals surface area contributed by atoms with Gasteiger partial charge in [-0.25, -0.2) is 4.79 Å². The first-order valence-corrected chi connectivity index (χ1v) is 4.93. The Morgan fingerprint density at radius 2 is 2.14 bits per heavy atom. The number of hydrogen-bond donors (Lipinski definition) is 1. The summed E-state index contributed by atoms with van der Waals surface area (Å²) < 4.78 is 0.986. The van der Waals surface area contributed by atoms with Gasteiger partial charge in [-0.3, -0.25) is 0 Å². The molecule has 3 heteroatoms. The zero-order chi connectivity index (χ0) is 10.1. The van der Waals surface area contributed by atoms with Gasteiger partial charge in [-0.1, -0.05) is 30.9 Å². The van der Waals surface area contributed by atoms with Crippen molar-refractivity contribution in [3.8, 4) is 0 Å². The van der Waals surface area contributed by atoms with Crippen molar-refractivity contribution in [1.29, 1.82) is 0 Å². The van der Waals surface area contributed by atoms with E-state index in [1.165, 1.54) is 11.3 Å². The fraction of sp³-hybridized carbons (Fsp3) is 0. The van der Waals surface area contributed by atoms with E-state index < -0.39 is 5.97 Å². The predicted molar refractivity (Wildman–Crippen MR) is 58.9 cm³/mol. The van der Waals surface area contributed by atoms with Crippen molar-refractivity contribution in [3.05, 3.63) is 41.3 Å². The third kappa shape index (κ3) is 1.22. The Balaban J connectivity index is 2.85. The van der Waals surface area contributed by atoms with Crippen molar-refractivity contribution >= 4 is 33.5 Å². The Labute approximate surface area is 85.1 Å². The van der Waals surface area contributed by atoms with Crippen LogP contribution in [-0.2, 0) is 0 Å². The molecule has 1 aromatic carbocycles. The quantitative estimate of drug-likeness (QED) is 0.815. The summed E-state index contributed by atoms with van der Waals surface area (Å²) in [4.78, 5) is 11.3. The first-order chi connectivity index (χ1) is 6.74. The lowest BCUT2D eigenvalue weighted by atomic mass is 10.1. The Bertz CT molecular complexity index is 511. The van der Waals surface area contributed by atoms with Crippen LogP contribution in [-0.4, -0.2) is 11.1 Å². The molecule has 0 aliphatic heterocycles. The summed E-state index contributed by atoms with van der Waals surface area (Å²) in [5.41, 5.74) is 0.720. The first-order valence-electron chi connectivity index (χ1n) is 4.11. The van der Waals surface area contributed by atoms with Crippen molar-refractivity contribution in [2.75, 3.05) is 0 Å². The predicted octanol–water partition coefficient (Wildman–Crippen LogP) is 3.24. The van der Waals surface area contributed by atoms with E-state index in [1.54, 1.807) is 6.08 Å². The van der Waals surface area contributed by atoms with Gasteiger partial charge in [0.25, 0.3) is 0 Å². The van der Waals surface area contributed by atoms with Crippen LogP contribution in [0.3, 0.4) is 0 Å². The lowest BCUT2D eigenvalue weighted by molar-refractivity contribution is 0.0702. The largest absolute Gasteiger partial charge is 0.477 e. The second-order valence-electron chi connectivity index (χ2n) is 2.85. The molecule has 1 heterocycles. The van der Waals surface area contributed by atoms with Crippen molar-refractivity contribution in [2.45, 2.75) is 0 Å². The maximum absolute atomic E-state index is 10.9. The molecular weight excluding hydrogens is 196 g/mol. The normalized spacial score (nSPS) is 10.3. The van der Waals surface area contributed by atoms with Crippen LogP contribution in [0.4, 0.5) is 0 Å². The van der Waals surface area contributed by atoms with Crippen LogP contribution in [0.2, 0.25) is 0 Å². The zero-order valence-electron chi connectivity index (χ0n) is 7.36. The van der Waals surface area contributed by atoms with Crippen LogP contribution in [0.1, 0.15) is 15.2 Å². The van der Waals surface area contributed by atoms with Gasteiger partial charge in [0.15, 0.2) is 0 Å². The molecular formula is C11H8O2S. The van der Waals surface area contributed by atoms with Gasteiger partial charge in [0, 0.05) is 15.6 Å². The fourth-order valence-electron chi connectivity index (χ4n) is 1.43. The van der Waals surface area contributed by atoms with Gasteiger partial charge < -0.3 is 5.11 Å². The molecule has 2 rings (SSSR count). The number of thiophene rings is 1. The van der Waals surface area contributed by atoms with Crippen LogP contribution < -0.4 is 0 Å². The van der Waals surface area contributed by atoms with Crippen LogP contribution in [0.5, 0.6) is 0 Å². The van der Waals surface area contributed by atoms with Crippen molar-refractivity contribution in [2.24, 2.45) is 0 Å². The summed E-state index contributed by atoms with van der Waals surface area (Å²) in [6, 6.07) is 7.62. The molecule has 0 radical (unpaired) electrons. The van der Waals surface area contributed by atoms with Gasteiger partial charge in [0.1, 0.15) is 4.88 Å². The van der Waals surface area contributed by atoms with Crippen molar-refractivity contribution in [1.82, 2.24) is 0 Å². The number of carboxylic acids is 1. The van der Waals surface area contributed by atoms with E-state index >= 15 is 0 Å². The van der Waals surface area contributed by atoms with E-state index in [2.05, 4.69) is 6.58 Å². The van der Waals surface area contributed by atoms with Crippen LogP contribution in [0, 0.1) is 0 Å². The summed E-state index contributed by atoms with van der Waals surface area (Å²) in [6.45, 7) is 3.64. The molecule has 0 fully saturated rings. The lowest BCUT2D eigenvalue weighted by Crippen LogP contribution is -1.93. The topological polar surface area (TPSA) is 37.3 Å². The molecule has 0 aliphatic rings. The van der Waals surface area contributed by atoms with Crippen LogP contribution in [0.15, 0.2) is 30.8 Å². The lowest BCUT2D eigenvalue weighted by Gasteiger charge is -1.91. The monoisotopic (exact) mass is 204 g/mol. The summed E-state index contributed by atoms with van der Waals surface area (Å²) >= 11 is 1.29. The van der Waals surface area contributed by atoms with E-state index in [-0.39, 0.29) is 0 Å². The van der Waals surface area contributed by atoms with E-state index in [9.17, 15) is 4.79 Å². The average molecular weight is 204 g/mol. The molecule has 0 spiro atoms. The van der Waals surface area contributed by atoms with Crippen LogP contribution in [0.25, 0.3) is 16.2 Å². The first kappa shape index (κ1) is 8.97. The molecule has 0 unspecified atom stereocenters. The second-order valence-corrected chi connectivity index (χ2v) is 3.90. The number of carbonyl (C=O) groups is 1. The SMILES string of the molecule is C=Cc1c(C(=O)O)sc2ccccc12. The number of benzene rings is 1. The maximum Gasteiger partial charge on any atom is 0.346 e. The molecule has 14 heavy (non-hydrogen) atoms. The zero-order valence-corrected chi connectivity index (χ0v) is 8.17. The third-order valence-electron chi connectivity index (χ3n) is 2.03. The molecule has 2 nitrogen and oxygen atoms in total. The Hall–Kier alpha value is -1.61. The summed E-state index contributed by atoms with van der Waals surface area (Å²) in [5.74, 6) is -0.888. The van der Waals surface area contributed by atoms with Gasteiger partial charge >= 0.3 is 5.97 Å². The highest BCUT2D eigenvalue weighted by atomic mass is 32.1. The summed E-state index contributed by atoms with van der Waals surface area (Å²) in [5, 5.41) is 9.92. The molecule has 0 saturated heterocycles. The van der Waals surface area contributed by atoms with Gasteiger partial charge in [0.05, 0.1) is 0 Å². The molecule has 0 bridgehead atoms. The second kappa shape index (κ2) is 3.27. The molecule has 0 amide bonds. The standard InChI is InChI=1S/C11H8O2S/c1-2-7-8-5-3-4-6-9(8)14-10(7)11(12)13/h2-6H,1H2,(H,12,13). The maximum atomic E-state index is 10.9. The van der Waals surface area contributed by atoms with Crippen LogP contribution >= 0.6 is 11.3 Å². The molecule has 2 aromatic rings. The minimum atomic E-state index is -0.888. The number of hydrogen-bond acceptors (Lipinski definition) is 2. The van der Waals surface area contributed by atoms with Crippen molar-refractivity contribution < 1.29 is 9.90 Å². The Morgan fingerprint density at radius 3 is 2.79 bits per heavy atom. The highest BCUT2D eigenvalue weighted by Gasteiger charge is 2.14. The number of aromatic carboxylic acids is 1. The minimum Gasteiger partial charge on any atom is -0.477 e. The van der Waals surface area contributed by atoms with E-state index in [0.29, 0.717) is 4.88 Å².